The number of imidazole rings is 1. The van der Waals surface area contributed by atoms with Crippen molar-refractivity contribution < 1.29 is 4.79 Å². The molecule has 3 rings (SSSR count). The van der Waals surface area contributed by atoms with Crippen molar-refractivity contribution in [1.82, 2.24) is 14.9 Å². The Balaban J connectivity index is 1.69. The highest BCUT2D eigenvalue weighted by atomic mass is 16.2. The van der Waals surface area contributed by atoms with Gasteiger partial charge in [0.2, 0.25) is 5.91 Å². The fraction of sp³-hybridized carbons (Fsp3) is 0.333. The Morgan fingerprint density at radius 2 is 1.81 bits per heavy atom. The molecule has 0 aliphatic rings. The normalized spacial score (nSPS) is 12.5. The maximum atomic E-state index is 12.7. The predicted molar refractivity (Wildman–Crippen MR) is 104 cm³/mol. The Morgan fingerprint density at radius 1 is 1.12 bits per heavy atom. The van der Waals surface area contributed by atoms with Gasteiger partial charge >= 0.3 is 5.69 Å². The molecule has 1 unspecified atom stereocenters. The number of amides is 1. The monoisotopic (exact) mass is 351 g/mol. The number of aromatic amines is 1. The summed E-state index contributed by atoms with van der Waals surface area (Å²) in [6.45, 7) is 6.98. The first kappa shape index (κ1) is 18.0. The summed E-state index contributed by atoms with van der Waals surface area (Å²) >= 11 is 0. The van der Waals surface area contributed by atoms with Gasteiger partial charge in [-0.1, -0.05) is 55.8 Å². The molecular formula is C21H25N3O2. The van der Waals surface area contributed by atoms with E-state index in [9.17, 15) is 9.59 Å². The van der Waals surface area contributed by atoms with Gasteiger partial charge in [0.1, 0.15) is 0 Å². The van der Waals surface area contributed by atoms with Gasteiger partial charge in [-0.05, 0) is 30.5 Å². The van der Waals surface area contributed by atoms with Crippen LogP contribution in [-0.4, -0.2) is 22.0 Å². The third-order valence-corrected chi connectivity index (χ3v) is 4.70. The molecule has 1 aromatic heterocycles. The minimum Gasteiger partial charge on any atom is -0.354 e. The number of carbonyl (C=O) groups is 1. The number of para-hydroxylation sites is 2. The van der Waals surface area contributed by atoms with E-state index < -0.39 is 0 Å². The topological polar surface area (TPSA) is 66.9 Å². The van der Waals surface area contributed by atoms with E-state index in [1.165, 1.54) is 5.56 Å². The molecule has 2 aromatic carbocycles. The molecular weight excluding hydrogens is 326 g/mol. The van der Waals surface area contributed by atoms with E-state index in [4.69, 9.17) is 0 Å². The fourth-order valence-electron chi connectivity index (χ4n) is 3.34. The van der Waals surface area contributed by atoms with Crippen LogP contribution in [0.3, 0.4) is 0 Å². The second kappa shape index (κ2) is 7.60. The lowest BCUT2D eigenvalue weighted by molar-refractivity contribution is -0.123. The number of rotatable bonds is 6. The van der Waals surface area contributed by atoms with E-state index in [0.29, 0.717) is 13.1 Å². The number of benzene rings is 2. The summed E-state index contributed by atoms with van der Waals surface area (Å²) in [5, 5.41) is 2.99. The summed E-state index contributed by atoms with van der Waals surface area (Å²) < 4.78 is 1.66. The lowest BCUT2D eigenvalue weighted by Gasteiger charge is -2.21. The van der Waals surface area contributed by atoms with Crippen molar-refractivity contribution in [3.8, 4) is 0 Å². The van der Waals surface area contributed by atoms with Crippen molar-refractivity contribution in [3.63, 3.8) is 0 Å². The van der Waals surface area contributed by atoms with Crippen LogP contribution in [0.5, 0.6) is 0 Å². The van der Waals surface area contributed by atoms with Gasteiger partial charge in [0.05, 0.1) is 17.0 Å². The van der Waals surface area contributed by atoms with Crippen molar-refractivity contribution in [2.75, 3.05) is 6.54 Å². The highest BCUT2D eigenvalue weighted by molar-refractivity contribution is 5.84. The number of aryl methyl sites for hydroxylation is 1. The average Bonchev–Trinajstić information content (AvgIpc) is 2.92. The standard InChI is InChI=1S/C21H25N3O2/c1-14(2)19(16-10-8-15(3)9-11-16)20(25)22-12-13-24-18-7-5-4-6-17(18)23-21(24)26/h4-11,14,19H,12-13H2,1-3H3,(H,22,25)(H,23,26). The van der Waals surface area contributed by atoms with E-state index >= 15 is 0 Å². The first-order valence-corrected chi connectivity index (χ1v) is 8.99. The largest absolute Gasteiger partial charge is 0.354 e. The zero-order valence-corrected chi connectivity index (χ0v) is 15.5. The first-order valence-electron chi connectivity index (χ1n) is 8.99. The summed E-state index contributed by atoms with van der Waals surface area (Å²) in [4.78, 5) is 27.7. The Morgan fingerprint density at radius 3 is 2.50 bits per heavy atom. The molecule has 136 valence electrons. The van der Waals surface area contributed by atoms with Crippen molar-refractivity contribution in [2.45, 2.75) is 33.2 Å². The molecule has 26 heavy (non-hydrogen) atoms. The zero-order chi connectivity index (χ0) is 18.7. The quantitative estimate of drug-likeness (QED) is 0.716. The smallest absolute Gasteiger partial charge is 0.326 e. The van der Waals surface area contributed by atoms with Gasteiger partial charge < -0.3 is 10.3 Å². The maximum Gasteiger partial charge on any atom is 0.326 e. The molecule has 0 radical (unpaired) electrons. The minimum atomic E-state index is -0.199. The van der Waals surface area contributed by atoms with Crippen LogP contribution in [-0.2, 0) is 11.3 Å². The number of fused-ring (bicyclic) bond motifs is 1. The van der Waals surface area contributed by atoms with E-state index in [0.717, 1.165) is 16.6 Å². The lowest BCUT2D eigenvalue weighted by atomic mass is 9.87. The van der Waals surface area contributed by atoms with E-state index in [-0.39, 0.29) is 23.4 Å². The SMILES string of the molecule is Cc1ccc(C(C(=O)NCCn2c(=O)[nH]c3ccccc32)C(C)C)cc1. The number of hydrogen-bond acceptors (Lipinski definition) is 2. The number of hydrogen-bond donors (Lipinski definition) is 2. The van der Waals surface area contributed by atoms with E-state index in [1.54, 1.807) is 4.57 Å². The van der Waals surface area contributed by atoms with Crippen LogP contribution in [0.4, 0.5) is 0 Å². The van der Waals surface area contributed by atoms with Crippen LogP contribution in [0.2, 0.25) is 0 Å². The lowest BCUT2D eigenvalue weighted by Crippen LogP contribution is -2.35. The summed E-state index contributed by atoms with van der Waals surface area (Å²) in [5.41, 5.74) is 3.70. The molecule has 0 aliphatic heterocycles. The Labute approximate surface area is 153 Å². The van der Waals surface area contributed by atoms with E-state index in [2.05, 4.69) is 10.3 Å². The average molecular weight is 351 g/mol. The third kappa shape index (κ3) is 3.72. The van der Waals surface area contributed by atoms with Gasteiger partial charge in [-0.2, -0.15) is 0 Å². The molecule has 5 heteroatoms. The molecule has 1 heterocycles. The Hall–Kier alpha value is -2.82. The Bertz CT molecular complexity index is 951. The molecule has 3 aromatic rings. The second-order valence-corrected chi connectivity index (χ2v) is 7.02. The molecule has 1 amide bonds. The van der Waals surface area contributed by atoms with Gasteiger partial charge in [0.25, 0.3) is 0 Å². The number of nitrogens with one attached hydrogen (secondary N) is 2. The number of carbonyl (C=O) groups excluding carboxylic acids is 1. The van der Waals surface area contributed by atoms with Crippen molar-refractivity contribution >= 4 is 16.9 Å². The minimum absolute atomic E-state index is 0.00302. The molecule has 2 N–H and O–H groups in total. The first-order chi connectivity index (χ1) is 12.5. The van der Waals surface area contributed by atoms with Crippen LogP contribution in [0.15, 0.2) is 53.3 Å². The van der Waals surface area contributed by atoms with Crippen molar-refractivity contribution in [3.05, 3.63) is 70.1 Å². The second-order valence-electron chi connectivity index (χ2n) is 7.02. The Kier molecular flexibility index (Phi) is 5.26. The summed E-state index contributed by atoms with van der Waals surface area (Å²) in [6, 6.07) is 15.7. The molecule has 1 atom stereocenters. The van der Waals surface area contributed by atoms with Crippen LogP contribution in [0, 0.1) is 12.8 Å². The molecule has 0 saturated heterocycles. The molecule has 0 bridgehead atoms. The van der Waals surface area contributed by atoms with Crippen LogP contribution < -0.4 is 11.0 Å². The highest BCUT2D eigenvalue weighted by Gasteiger charge is 2.23. The summed E-state index contributed by atoms with van der Waals surface area (Å²) in [6.07, 6.45) is 0. The number of H-pyrrole nitrogens is 1. The number of nitrogens with zero attached hydrogens (tertiary/aromatic N) is 1. The van der Waals surface area contributed by atoms with Crippen molar-refractivity contribution in [1.29, 1.82) is 0 Å². The predicted octanol–water partition coefficient (Wildman–Crippen LogP) is 3.19. The maximum absolute atomic E-state index is 12.7. The summed E-state index contributed by atoms with van der Waals surface area (Å²) in [7, 11) is 0. The summed E-state index contributed by atoms with van der Waals surface area (Å²) in [5.74, 6) is -0.0134. The number of aromatic nitrogens is 2. The van der Waals surface area contributed by atoms with E-state index in [1.807, 2.05) is 69.3 Å². The van der Waals surface area contributed by atoms with Gasteiger partial charge in [-0.15, -0.1) is 0 Å². The zero-order valence-electron chi connectivity index (χ0n) is 15.5. The molecule has 0 saturated carbocycles. The molecule has 0 spiro atoms. The van der Waals surface area contributed by atoms with Crippen LogP contribution in [0.25, 0.3) is 11.0 Å². The molecule has 0 fully saturated rings. The van der Waals surface area contributed by atoms with Gasteiger partial charge in [0.15, 0.2) is 0 Å². The van der Waals surface area contributed by atoms with Crippen LogP contribution >= 0.6 is 0 Å². The fourth-order valence-corrected chi connectivity index (χ4v) is 3.34. The van der Waals surface area contributed by atoms with Crippen LogP contribution in [0.1, 0.15) is 30.9 Å². The van der Waals surface area contributed by atoms with Gasteiger partial charge in [0, 0.05) is 13.1 Å². The van der Waals surface area contributed by atoms with Gasteiger partial charge in [-0.25, -0.2) is 4.79 Å². The van der Waals surface area contributed by atoms with Gasteiger partial charge in [-0.3, -0.25) is 9.36 Å². The third-order valence-electron chi connectivity index (χ3n) is 4.70. The molecule has 5 nitrogen and oxygen atoms in total. The van der Waals surface area contributed by atoms with Crippen molar-refractivity contribution in [2.24, 2.45) is 5.92 Å². The highest BCUT2D eigenvalue weighted by Crippen LogP contribution is 2.25. The molecule has 0 aliphatic carbocycles.